The van der Waals surface area contributed by atoms with E-state index in [1.807, 2.05) is 36.4 Å². The Balaban J connectivity index is 0.000000178. The van der Waals surface area contributed by atoms with Crippen LogP contribution in [0.2, 0.25) is 0 Å². The third-order valence-corrected chi connectivity index (χ3v) is 13.9. The van der Waals surface area contributed by atoms with Gasteiger partial charge in [-0.05, 0) is 152 Å². The van der Waals surface area contributed by atoms with Gasteiger partial charge in [-0.3, -0.25) is 20.2 Å². The van der Waals surface area contributed by atoms with Crippen LogP contribution in [-0.2, 0) is 39.5 Å². The number of fused-ring (bicyclic) bond motifs is 2. The lowest BCUT2D eigenvalue weighted by Crippen LogP contribution is -2.40. The van der Waals surface area contributed by atoms with Crippen LogP contribution in [0.15, 0.2) is 146 Å². The van der Waals surface area contributed by atoms with Crippen molar-refractivity contribution in [3.05, 3.63) is 201 Å². The number of aromatic carboxylic acids is 1. The predicted molar refractivity (Wildman–Crippen MR) is 257 cm³/mol. The molecule has 16 heteroatoms. The fourth-order valence-electron chi connectivity index (χ4n) is 10.5. The number of carbonyl (C=O) groups excluding carboxylic acids is 3. The van der Waals surface area contributed by atoms with Gasteiger partial charge in [0.05, 0.1) is 53.0 Å². The van der Waals surface area contributed by atoms with Gasteiger partial charge in [-0.1, -0.05) is 72.8 Å². The van der Waals surface area contributed by atoms with Gasteiger partial charge in [0.25, 0.3) is 0 Å². The summed E-state index contributed by atoms with van der Waals surface area (Å²) >= 11 is 0. The van der Waals surface area contributed by atoms with Crippen LogP contribution in [0.5, 0.6) is 0 Å². The maximum absolute atomic E-state index is 13.7. The number of carboxylic acid groups (broad SMARTS) is 1. The van der Waals surface area contributed by atoms with Crippen LogP contribution < -0.4 is 20.4 Å². The van der Waals surface area contributed by atoms with Gasteiger partial charge in [0.2, 0.25) is 11.8 Å². The first-order chi connectivity index (χ1) is 34.5. The zero-order chi connectivity index (χ0) is 50.9. The number of hydrogen-bond acceptors (Lipinski definition) is 7. The number of halogens is 6. The number of anilines is 2. The van der Waals surface area contributed by atoms with E-state index >= 15 is 0 Å². The van der Waals surface area contributed by atoms with Crippen LogP contribution in [0.3, 0.4) is 0 Å². The first-order valence-electron chi connectivity index (χ1n) is 23.8. The highest BCUT2D eigenvalue weighted by Gasteiger charge is 2.45. The third-order valence-electron chi connectivity index (χ3n) is 13.9. The van der Waals surface area contributed by atoms with Crippen LogP contribution in [-0.4, -0.2) is 47.6 Å². The Hall–Kier alpha value is -7.30. The molecule has 372 valence electrons. The zero-order valence-corrected chi connectivity index (χ0v) is 38.9. The molecule has 6 aromatic rings. The lowest BCUT2D eigenvalue weighted by atomic mass is 9.99. The Morgan fingerprint density at radius 3 is 1.40 bits per heavy atom. The van der Waals surface area contributed by atoms with Crippen molar-refractivity contribution in [1.29, 1.82) is 0 Å². The van der Waals surface area contributed by atoms with Gasteiger partial charge >= 0.3 is 24.3 Å². The lowest BCUT2D eigenvalue weighted by molar-refractivity contribution is -0.138. The summed E-state index contributed by atoms with van der Waals surface area (Å²) in [6.45, 7) is 1.96. The molecule has 0 unspecified atom stereocenters. The molecule has 6 aromatic carbocycles. The van der Waals surface area contributed by atoms with Gasteiger partial charge in [-0.25, -0.2) is 9.59 Å². The first-order valence-corrected chi connectivity index (χ1v) is 23.8. The number of nitrogens with zero attached hydrogens (tertiary/aromatic N) is 2. The summed E-state index contributed by atoms with van der Waals surface area (Å²) in [7, 11) is 0. The van der Waals surface area contributed by atoms with Gasteiger partial charge in [-0.15, -0.1) is 0 Å². The quantitative estimate of drug-likeness (QED) is 0.0865. The molecule has 72 heavy (non-hydrogen) atoms. The summed E-state index contributed by atoms with van der Waals surface area (Å²) in [6.07, 6.45) is -4.64. The molecule has 2 saturated heterocycles. The number of alkyl halides is 6. The minimum atomic E-state index is -4.48. The van der Waals surface area contributed by atoms with Crippen molar-refractivity contribution in [2.24, 2.45) is 0 Å². The second-order valence-corrected chi connectivity index (χ2v) is 18.3. The molecule has 2 heterocycles. The van der Waals surface area contributed by atoms with Crippen LogP contribution in [0, 0.1) is 0 Å². The van der Waals surface area contributed by atoms with Gasteiger partial charge in [0.1, 0.15) is 0 Å². The number of hydrogen-bond donors (Lipinski definition) is 3. The van der Waals surface area contributed by atoms with Gasteiger partial charge in [-0.2, -0.15) is 26.3 Å². The maximum atomic E-state index is 13.7. The van der Waals surface area contributed by atoms with E-state index < -0.39 is 59.6 Å². The maximum Gasteiger partial charge on any atom is 0.416 e. The summed E-state index contributed by atoms with van der Waals surface area (Å²) in [5.41, 5.74) is 5.74. The average Bonchev–Trinajstić information content (AvgIpc) is 4.15. The van der Waals surface area contributed by atoms with Gasteiger partial charge in [0, 0.05) is 23.5 Å². The fraction of sp³-hybridized carbons (Fsp3) is 0.286. The van der Waals surface area contributed by atoms with E-state index in [2.05, 4.69) is 28.8 Å². The van der Waals surface area contributed by atoms with E-state index in [4.69, 9.17) is 4.74 Å². The third kappa shape index (κ3) is 10.4. The highest BCUT2D eigenvalue weighted by molar-refractivity contribution is 6.01. The highest BCUT2D eigenvalue weighted by atomic mass is 19.4. The molecular formula is C56H50F6N4O6. The van der Waals surface area contributed by atoms with Crippen molar-refractivity contribution in [3.63, 3.8) is 0 Å². The number of carbonyl (C=O) groups is 4. The minimum Gasteiger partial charge on any atom is -0.478 e. The fourth-order valence-corrected chi connectivity index (χ4v) is 10.5. The molecule has 10 nitrogen and oxygen atoms in total. The molecule has 3 N–H and O–H groups in total. The average molecular weight is 989 g/mol. The SMILES string of the molecule is CCOC(=O)c1cccc([C@@H]2C[C@H](N[C@H]3CCc4ccccc43)C(=O)N2c2ccc(C(F)(F)F)cc2)c1.O=C(O)c1cccc([C@@H]2C[C@H](N[C@H]3CCc4ccccc43)C(=O)N2c2ccc(C(F)(F)F)cc2)c1. The number of rotatable bonds is 11. The van der Waals surface area contributed by atoms with Crippen molar-refractivity contribution in [2.75, 3.05) is 16.4 Å². The topological polar surface area (TPSA) is 128 Å². The number of amides is 2. The summed E-state index contributed by atoms with van der Waals surface area (Å²) in [5.74, 6) is -2.02. The Kier molecular flexibility index (Phi) is 14.1. The summed E-state index contributed by atoms with van der Waals surface area (Å²) in [6, 6.07) is 36.5. The highest BCUT2D eigenvalue weighted by Crippen LogP contribution is 2.43. The van der Waals surface area contributed by atoms with E-state index in [-0.39, 0.29) is 36.1 Å². The molecule has 0 aromatic heterocycles. The normalized spacial score (nSPS) is 21.5. The van der Waals surface area contributed by atoms with E-state index in [1.54, 1.807) is 42.2 Å². The van der Waals surface area contributed by atoms with Crippen molar-refractivity contribution in [3.8, 4) is 0 Å². The number of carboxylic acids is 1. The molecule has 2 fully saturated rings. The molecule has 0 spiro atoms. The number of ether oxygens (including phenoxy) is 1. The summed E-state index contributed by atoms with van der Waals surface area (Å²) < 4.78 is 83.9. The molecule has 2 amide bonds. The molecule has 2 aliphatic carbocycles. The molecule has 0 bridgehead atoms. The Morgan fingerprint density at radius 1 is 0.569 bits per heavy atom. The summed E-state index contributed by atoms with van der Waals surface area (Å²) in [5, 5.41) is 16.4. The monoisotopic (exact) mass is 988 g/mol. The van der Waals surface area contributed by atoms with E-state index in [9.17, 15) is 50.6 Å². The second-order valence-electron chi connectivity index (χ2n) is 18.3. The molecule has 2 aliphatic heterocycles. The van der Waals surface area contributed by atoms with Gasteiger partial charge in [0.15, 0.2) is 0 Å². The van der Waals surface area contributed by atoms with Crippen LogP contribution in [0.25, 0.3) is 0 Å². The first kappa shape index (κ1) is 49.7. The summed E-state index contributed by atoms with van der Waals surface area (Å²) in [4.78, 5) is 54.3. The Labute approximate surface area is 411 Å². The number of nitrogens with one attached hydrogen (secondary N) is 2. The predicted octanol–water partition coefficient (Wildman–Crippen LogP) is 11.5. The van der Waals surface area contributed by atoms with Crippen molar-refractivity contribution in [2.45, 2.75) is 94.1 Å². The second kappa shape index (κ2) is 20.4. The number of benzene rings is 6. The van der Waals surface area contributed by atoms with Crippen LogP contribution in [0.1, 0.15) is 122 Å². The lowest BCUT2D eigenvalue weighted by Gasteiger charge is -2.26. The van der Waals surface area contributed by atoms with Crippen LogP contribution >= 0.6 is 0 Å². The Bertz CT molecular complexity index is 2980. The smallest absolute Gasteiger partial charge is 0.416 e. The minimum absolute atomic E-state index is 0.00120. The molecule has 0 saturated carbocycles. The van der Waals surface area contributed by atoms with E-state index in [1.165, 1.54) is 58.0 Å². The van der Waals surface area contributed by atoms with Crippen molar-refractivity contribution < 1.29 is 55.4 Å². The zero-order valence-electron chi connectivity index (χ0n) is 38.9. The number of aryl methyl sites for hydroxylation is 2. The molecule has 10 rings (SSSR count). The van der Waals surface area contributed by atoms with E-state index in [0.29, 0.717) is 35.3 Å². The van der Waals surface area contributed by atoms with Gasteiger partial charge < -0.3 is 19.6 Å². The number of esters is 1. The van der Waals surface area contributed by atoms with Crippen molar-refractivity contribution >= 4 is 35.1 Å². The van der Waals surface area contributed by atoms with Crippen LogP contribution in [0.4, 0.5) is 37.7 Å². The molecule has 6 atom stereocenters. The molecular weight excluding hydrogens is 939 g/mol. The molecule has 0 radical (unpaired) electrons. The van der Waals surface area contributed by atoms with Crippen molar-refractivity contribution in [1.82, 2.24) is 10.6 Å². The molecule has 4 aliphatic rings. The standard InChI is InChI=1S/C29H27F3N2O3.C27H23F3N2O3/c1-2-37-28(36)20-8-5-7-19(16-20)26-17-25(33-24-15-10-18-6-3-4-9-23(18)24)27(35)34(26)22-13-11-21(12-14-22)29(30,31)32;28-27(29,30)19-9-11-20(12-10-19)32-24(17-5-3-6-18(14-17)26(34)35)15-23(25(32)33)31-22-13-8-16-4-1-2-7-21(16)22/h3-9,11-14,16,24-26,33H,2,10,15,17H2,1H3;1-7,9-12,14,22-24,31H,8,13,15H2,(H,34,35)/t24-,25-,26-;22-,23-,24-/m00/s1. The largest absolute Gasteiger partial charge is 0.478 e. The van der Waals surface area contributed by atoms with E-state index in [0.717, 1.165) is 61.1 Å². The Morgan fingerprint density at radius 2 is 0.986 bits per heavy atom.